The molecule has 0 aliphatic rings. The molecule has 0 radical (unpaired) electrons. The molecule has 2 aromatic carbocycles. The van der Waals surface area contributed by atoms with Crippen LogP contribution >= 0.6 is 11.3 Å². The van der Waals surface area contributed by atoms with E-state index in [1.54, 1.807) is 6.92 Å². The Morgan fingerprint density at radius 2 is 1.70 bits per heavy atom. The Hall–Kier alpha value is -3.12. The molecule has 1 aromatic heterocycles. The number of carbonyl (C=O) groups excluding carboxylic acids is 2. The maximum absolute atomic E-state index is 12.6. The van der Waals surface area contributed by atoms with Gasteiger partial charge in [-0.1, -0.05) is 42.0 Å². The zero-order valence-electron chi connectivity index (χ0n) is 17.6. The van der Waals surface area contributed by atoms with E-state index < -0.39 is 5.97 Å². The highest BCUT2D eigenvalue weighted by Crippen LogP contribution is 2.36. The van der Waals surface area contributed by atoms with Crippen molar-refractivity contribution >= 4 is 28.2 Å². The highest BCUT2D eigenvalue weighted by Gasteiger charge is 2.23. The predicted octanol–water partition coefficient (Wildman–Crippen LogP) is 5.53. The topological polar surface area (TPSA) is 64.6 Å². The van der Waals surface area contributed by atoms with Gasteiger partial charge in [-0.05, 0) is 50.5 Å². The Kier molecular flexibility index (Phi) is 6.90. The minimum atomic E-state index is -0.458. The van der Waals surface area contributed by atoms with Gasteiger partial charge in [0.2, 0.25) is 0 Å². The molecule has 156 valence electrons. The Morgan fingerprint density at radius 1 is 1.00 bits per heavy atom. The largest absolute Gasteiger partial charge is 0.483 e. The van der Waals surface area contributed by atoms with E-state index in [-0.39, 0.29) is 19.1 Å². The summed E-state index contributed by atoms with van der Waals surface area (Å²) >= 11 is 1.30. The van der Waals surface area contributed by atoms with Crippen molar-refractivity contribution in [2.24, 2.45) is 0 Å². The Morgan fingerprint density at radius 3 is 2.40 bits per heavy atom. The lowest BCUT2D eigenvalue weighted by Crippen LogP contribution is -2.21. The zero-order chi connectivity index (χ0) is 21.7. The first-order valence-corrected chi connectivity index (χ1v) is 10.6. The van der Waals surface area contributed by atoms with E-state index >= 15 is 0 Å². The molecule has 0 atom stereocenters. The van der Waals surface area contributed by atoms with Crippen LogP contribution in [-0.2, 0) is 9.53 Å². The number of nitrogens with one attached hydrogen (secondary N) is 1. The first-order valence-electron chi connectivity index (χ1n) is 9.74. The van der Waals surface area contributed by atoms with Crippen molar-refractivity contribution in [3.8, 4) is 16.9 Å². The fourth-order valence-corrected chi connectivity index (χ4v) is 3.94. The van der Waals surface area contributed by atoms with E-state index in [1.807, 2.05) is 68.6 Å². The van der Waals surface area contributed by atoms with E-state index in [4.69, 9.17) is 9.47 Å². The van der Waals surface area contributed by atoms with Crippen LogP contribution in [0.1, 0.15) is 34.0 Å². The number of rotatable bonds is 7. The maximum Gasteiger partial charge on any atom is 0.341 e. The molecule has 0 unspecified atom stereocenters. The van der Waals surface area contributed by atoms with Crippen LogP contribution in [0.2, 0.25) is 0 Å². The van der Waals surface area contributed by atoms with E-state index in [0.29, 0.717) is 16.3 Å². The van der Waals surface area contributed by atoms with Crippen molar-refractivity contribution in [1.82, 2.24) is 0 Å². The van der Waals surface area contributed by atoms with Gasteiger partial charge >= 0.3 is 5.97 Å². The van der Waals surface area contributed by atoms with Gasteiger partial charge in [-0.15, -0.1) is 11.3 Å². The molecule has 1 heterocycles. The number of aryl methyl sites for hydroxylation is 3. The second-order valence-electron chi connectivity index (χ2n) is 7.05. The molecule has 3 aromatic rings. The number of ether oxygens (including phenoxy) is 2. The summed E-state index contributed by atoms with van der Waals surface area (Å²) in [7, 11) is 0. The van der Waals surface area contributed by atoms with Gasteiger partial charge in [-0.25, -0.2) is 4.79 Å². The molecule has 5 nitrogen and oxygen atoms in total. The second-order valence-corrected chi connectivity index (χ2v) is 7.93. The fourth-order valence-electron chi connectivity index (χ4n) is 2.97. The lowest BCUT2D eigenvalue weighted by Gasteiger charge is -2.11. The van der Waals surface area contributed by atoms with Gasteiger partial charge in [0.1, 0.15) is 16.3 Å². The summed E-state index contributed by atoms with van der Waals surface area (Å²) in [6.07, 6.45) is 0. The summed E-state index contributed by atoms with van der Waals surface area (Å²) < 4.78 is 10.9. The molecule has 30 heavy (non-hydrogen) atoms. The van der Waals surface area contributed by atoms with Gasteiger partial charge in [0, 0.05) is 10.9 Å². The molecular formula is C24H25NO4S. The van der Waals surface area contributed by atoms with Gasteiger partial charge in [0.25, 0.3) is 5.91 Å². The number of amides is 1. The van der Waals surface area contributed by atoms with Crippen molar-refractivity contribution in [3.63, 3.8) is 0 Å². The molecule has 0 fully saturated rings. The standard InChI is InChI=1S/C24H25NO4S/c1-5-28-24(27)22-19(18-10-7-15(2)8-11-18)14-30-23(22)25-21(26)13-29-20-12-16(3)6-9-17(20)4/h6-12,14H,5,13H2,1-4H3,(H,25,26). The maximum atomic E-state index is 12.6. The minimum absolute atomic E-state index is 0.148. The van der Waals surface area contributed by atoms with Crippen LogP contribution in [-0.4, -0.2) is 25.1 Å². The SMILES string of the molecule is CCOC(=O)c1c(-c2ccc(C)cc2)csc1NC(=O)COc1cc(C)ccc1C. The average molecular weight is 424 g/mol. The van der Waals surface area contributed by atoms with Crippen LogP contribution < -0.4 is 10.1 Å². The molecule has 0 aliphatic carbocycles. The summed E-state index contributed by atoms with van der Waals surface area (Å²) in [5.41, 5.74) is 5.14. The van der Waals surface area contributed by atoms with Gasteiger partial charge in [0.15, 0.2) is 6.61 Å². The number of esters is 1. The quantitative estimate of drug-likeness (QED) is 0.507. The van der Waals surface area contributed by atoms with E-state index in [2.05, 4.69) is 5.32 Å². The molecule has 0 bridgehead atoms. The second kappa shape index (κ2) is 9.59. The highest BCUT2D eigenvalue weighted by atomic mass is 32.1. The molecule has 1 amide bonds. The molecule has 0 saturated carbocycles. The molecule has 0 saturated heterocycles. The van der Waals surface area contributed by atoms with Crippen LogP contribution in [0, 0.1) is 20.8 Å². The van der Waals surface area contributed by atoms with Gasteiger partial charge < -0.3 is 14.8 Å². The van der Waals surface area contributed by atoms with Crippen LogP contribution in [0.15, 0.2) is 47.8 Å². The lowest BCUT2D eigenvalue weighted by atomic mass is 10.0. The van der Waals surface area contributed by atoms with Crippen molar-refractivity contribution in [1.29, 1.82) is 0 Å². The third kappa shape index (κ3) is 5.07. The smallest absolute Gasteiger partial charge is 0.341 e. The molecule has 6 heteroatoms. The number of carbonyl (C=O) groups is 2. The monoisotopic (exact) mass is 423 g/mol. The van der Waals surface area contributed by atoms with Crippen molar-refractivity contribution in [2.45, 2.75) is 27.7 Å². The Labute approximate surface area is 180 Å². The molecule has 1 N–H and O–H groups in total. The summed E-state index contributed by atoms with van der Waals surface area (Å²) in [6, 6.07) is 13.7. The first-order chi connectivity index (χ1) is 14.4. The van der Waals surface area contributed by atoms with E-state index in [1.165, 1.54) is 11.3 Å². The minimum Gasteiger partial charge on any atom is -0.483 e. The van der Waals surface area contributed by atoms with E-state index in [0.717, 1.165) is 27.8 Å². The molecule has 0 spiro atoms. The molecule has 3 rings (SSSR count). The summed E-state index contributed by atoms with van der Waals surface area (Å²) in [6.45, 7) is 7.77. The summed E-state index contributed by atoms with van der Waals surface area (Å²) in [5.74, 6) is -0.124. The number of thiophene rings is 1. The Bertz CT molecular complexity index is 1050. The van der Waals surface area contributed by atoms with Gasteiger partial charge in [-0.3, -0.25) is 4.79 Å². The average Bonchev–Trinajstić information content (AvgIpc) is 3.13. The van der Waals surface area contributed by atoms with Crippen LogP contribution in [0.25, 0.3) is 11.1 Å². The van der Waals surface area contributed by atoms with E-state index in [9.17, 15) is 9.59 Å². The zero-order valence-corrected chi connectivity index (χ0v) is 18.4. The first kappa shape index (κ1) is 21.6. The molecular weight excluding hydrogens is 398 g/mol. The molecule has 0 aliphatic heterocycles. The van der Waals surface area contributed by atoms with Crippen LogP contribution in [0.3, 0.4) is 0 Å². The number of hydrogen-bond donors (Lipinski definition) is 1. The predicted molar refractivity (Wildman–Crippen MR) is 120 cm³/mol. The number of anilines is 1. The van der Waals surface area contributed by atoms with Gasteiger partial charge in [-0.2, -0.15) is 0 Å². The summed E-state index contributed by atoms with van der Waals surface area (Å²) in [4.78, 5) is 25.2. The summed E-state index contributed by atoms with van der Waals surface area (Å²) in [5, 5.41) is 5.13. The van der Waals surface area contributed by atoms with Gasteiger partial charge in [0.05, 0.1) is 6.61 Å². The number of benzene rings is 2. The normalized spacial score (nSPS) is 10.5. The van der Waals surface area contributed by atoms with Crippen molar-refractivity contribution < 1.29 is 19.1 Å². The highest BCUT2D eigenvalue weighted by molar-refractivity contribution is 7.15. The Balaban J connectivity index is 1.80. The van der Waals surface area contributed by atoms with Crippen LogP contribution in [0.5, 0.6) is 5.75 Å². The van der Waals surface area contributed by atoms with Crippen LogP contribution in [0.4, 0.5) is 5.00 Å². The number of hydrogen-bond acceptors (Lipinski definition) is 5. The third-order valence-electron chi connectivity index (χ3n) is 4.59. The third-order valence-corrected chi connectivity index (χ3v) is 5.48. The lowest BCUT2D eigenvalue weighted by molar-refractivity contribution is -0.118. The fraction of sp³-hybridized carbons (Fsp3) is 0.250. The van der Waals surface area contributed by atoms with Crippen molar-refractivity contribution in [3.05, 3.63) is 70.1 Å². The van der Waals surface area contributed by atoms with Crippen molar-refractivity contribution in [2.75, 3.05) is 18.5 Å².